The summed E-state index contributed by atoms with van der Waals surface area (Å²) in [6.45, 7) is 13.4. The number of fused-ring (bicyclic) bond motifs is 5. The summed E-state index contributed by atoms with van der Waals surface area (Å²) < 4.78 is 68.2. The van der Waals surface area contributed by atoms with Gasteiger partial charge in [0.15, 0.2) is 17.4 Å². The highest BCUT2D eigenvalue weighted by molar-refractivity contribution is 6.02. The maximum Gasteiger partial charge on any atom is 0.427 e. The van der Waals surface area contributed by atoms with Crippen LogP contribution in [0.25, 0.3) is 27.7 Å². The molecule has 2 aromatic heterocycles. The van der Waals surface area contributed by atoms with Crippen molar-refractivity contribution in [1.29, 1.82) is 0 Å². The van der Waals surface area contributed by atoms with Crippen LogP contribution in [0.2, 0.25) is 0 Å². The van der Waals surface area contributed by atoms with Gasteiger partial charge in [-0.15, -0.1) is 0 Å². The number of piperazine rings is 1. The summed E-state index contributed by atoms with van der Waals surface area (Å²) in [5.41, 5.74) is -0.644. The van der Waals surface area contributed by atoms with E-state index in [2.05, 4.69) is 16.5 Å². The number of carbonyl (C=O) groups is 1. The maximum absolute atomic E-state index is 15.8. The number of aryl methyl sites for hydroxylation is 2. The van der Waals surface area contributed by atoms with Crippen LogP contribution in [0.4, 0.5) is 23.4 Å². The van der Waals surface area contributed by atoms with Crippen LogP contribution in [0.1, 0.15) is 49.1 Å². The van der Waals surface area contributed by atoms with Crippen LogP contribution in [-0.2, 0) is 10.9 Å². The number of ether oxygens (including phenoxy) is 1. The fraction of sp³-hybridized carbons (Fsp3) is 0.333. The molecule has 0 bridgehead atoms. The van der Waals surface area contributed by atoms with Gasteiger partial charge >= 0.3 is 11.8 Å². The van der Waals surface area contributed by atoms with E-state index in [9.17, 15) is 14.0 Å². The van der Waals surface area contributed by atoms with Gasteiger partial charge < -0.3 is 14.5 Å². The van der Waals surface area contributed by atoms with Crippen LogP contribution >= 0.6 is 0 Å². The standard InChI is InChI=1S/C33H31F4N5O3/c1-7-23(43)40-12-13-41(19(6)15-40)31-20-14-18(5)24-25-21(8-9-22(34)26(25)35)33(36,37)45-30(24)29(20)42(32(44)39-31)28-17(4)10-11-38-27(28)16(2)3/h7-11,14,16,19H,1,12-13,15H2,2-6H3/t19-/m0/s1. The second kappa shape index (κ2) is 10.7. The lowest BCUT2D eigenvalue weighted by Gasteiger charge is -2.41. The fourth-order valence-corrected chi connectivity index (χ4v) is 6.41. The Morgan fingerprint density at radius 2 is 1.87 bits per heavy atom. The molecule has 2 aromatic carbocycles. The Labute approximate surface area is 256 Å². The van der Waals surface area contributed by atoms with Crippen molar-refractivity contribution in [3.63, 3.8) is 0 Å². The SMILES string of the molecule is C=CC(=O)N1CCN(c2nc(=O)n(-c3c(C)ccnc3C(C)C)c3c4c(c(C)cc23)-c2c(ccc(F)c2F)C(F)(F)O4)[C@@H](C)C1. The number of rotatable bonds is 4. The molecule has 8 nitrogen and oxygen atoms in total. The zero-order chi connectivity index (χ0) is 32.5. The van der Waals surface area contributed by atoms with Crippen molar-refractivity contribution in [2.75, 3.05) is 24.5 Å². The molecular weight excluding hydrogens is 590 g/mol. The molecule has 4 heterocycles. The van der Waals surface area contributed by atoms with E-state index in [0.29, 0.717) is 41.7 Å². The molecule has 1 saturated heterocycles. The highest BCUT2D eigenvalue weighted by atomic mass is 19.3. The lowest BCUT2D eigenvalue weighted by molar-refractivity contribution is -0.186. The van der Waals surface area contributed by atoms with Crippen molar-refractivity contribution in [2.45, 2.75) is 52.7 Å². The van der Waals surface area contributed by atoms with Gasteiger partial charge in [-0.25, -0.2) is 13.6 Å². The molecular formula is C33H31F4N5O3. The number of benzene rings is 2. The van der Waals surface area contributed by atoms with Gasteiger partial charge in [-0.1, -0.05) is 20.4 Å². The summed E-state index contributed by atoms with van der Waals surface area (Å²) in [7, 11) is 0. The summed E-state index contributed by atoms with van der Waals surface area (Å²) in [5.74, 6) is -3.45. The third-order valence-electron chi connectivity index (χ3n) is 8.51. The Balaban J connectivity index is 1.75. The van der Waals surface area contributed by atoms with Crippen molar-refractivity contribution in [1.82, 2.24) is 19.4 Å². The Bertz CT molecular complexity index is 1970. The molecule has 0 aliphatic carbocycles. The normalized spacial score (nSPS) is 17.2. The van der Waals surface area contributed by atoms with E-state index in [1.54, 1.807) is 37.1 Å². The summed E-state index contributed by atoms with van der Waals surface area (Å²) in [4.78, 5) is 39.0. The number of hydrogen-bond acceptors (Lipinski definition) is 6. The Hall–Kier alpha value is -4.74. The van der Waals surface area contributed by atoms with E-state index in [-0.39, 0.29) is 46.7 Å². The quantitative estimate of drug-likeness (QED) is 0.202. The first kappa shape index (κ1) is 30.3. The molecule has 234 valence electrons. The zero-order valence-corrected chi connectivity index (χ0v) is 25.4. The van der Waals surface area contributed by atoms with Crippen molar-refractivity contribution >= 4 is 22.6 Å². The molecule has 4 aromatic rings. The highest BCUT2D eigenvalue weighted by Gasteiger charge is 2.46. The van der Waals surface area contributed by atoms with Crippen LogP contribution in [0.3, 0.4) is 0 Å². The second-order valence-corrected chi connectivity index (χ2v) is 11.8. The molecule has 12 heteroatoms. The van der Waals surface area contributed by atoms with Gasteiger partial charge in [0.25, 0.3) is 0 Å². The van der Waals surface area contributed by atoms with Gasteiger partial charge in [0.1, 0.15) is 11.3 Å². The average Bonchev–Trinajstić information content (AvgIpc) is 2.98. The van der Waals surface area contributed by atoms with Crippen LogP contribution in [0.5, 0.6) is 5.75 Å². The minimum atomic E-state index is -4.06. The third-order valence-corrected chi connectivity index (χ3v) is 8.51. The Morgan fingerprint density at radius 3 is 2.53 bits per heavy atom. The van der Waals surface area contributed by atoms with Crippen LogP contribution in [0, 0.1) is 25.5 Å². The van der Waals surface area contributed by atoms with E-state index in [0.717, 1.165) is 6.07 Å². The monoisotopic (exact) mass is 621 g/mol. The number of pyridine rings is 1. The molecule has 0 N–H and O–H groups in total. The molecule has 6 rings (SSSR count). The largest absolute Gasteiger partial charge is 0.427 e. The number of carbonyl (C=O) groups excluding carboxylic acids is 1. The molecule has 0 radical (unpaired) electrons. The van der Waals surface area contributed by atoms with E-state index in [1.165, 1.54) is 10.6 Å². The van der Waals surface area contributed by atoms with E-state index < -0.39 is 40.3 Å². The predicted molar refractivity (Wildman–Crippen MR) is 162 cm³/mol. The molecule has 1 atom stereocenters. The number of alkyl halides is 2. The third kappa shape index (κ3) is 4.65. The first-order chi connectivity index (χ1) is 21.3. The Kier molecular flexibility index (Phi) is 7.21. The summed E-state index contributed by atoms with van der Waals surface area (Å²) in [6.07, 6.45) is -1.24. The van der Waals surface area contributed by atoms with Crippen molar-refractivity contribution in [2.24, 2.45) is 0 Å². The van der Waals surface area contributed by atoms with Gasteiger partial charge in [0, 0.05) is 48.4 Å². The smallest absolute Gasteiger partial charge is 0.426 e. The number of aromatic nitrogens is 3. The summed E-state index contributed by atoms with van der Waals surface area (Å²) >= 11 is 0. The molecule has 2 aliphatic rings. The molecule has 1 amide bonds. The molecule has 0 saturated carbocycles. The van der Waals surface area contributed by atoms with E-state index in [4.69, 9.17) is 4.74 Å². The van der Waals surface area contributed by atoms with Crippen LogP contribution in [-0.4, -0.2) is 51.0 Å². The second-order valence-electron chi connectivity index (χ2n) is 11.8. The molecule has 45 heavy (non-hydrogen) atoms. The van der Waals surface area contributed by atoms with Gasteiger partial charge in [-0.3, -0.25) is 14.3 Å². The molecule has 0 spiro atoms. The summed E-state index contributed by atoms with van der Waals surface area (Å²) in [6, 6.07) is 4.43. The van der Waals surface area contributed by atoms with Gasteiger partial charge in [-0.2, -0.15) is 13.8 Å². The van der Waals surface area contributed by atoms with Crippen LogP contribution in [0.15, 0.2) is 47.9 Å². The highest BCUT2D eigenvalue weighted by Crippen LogP contribution is 2.53. The minimum absolute atomic E-state index is 0.0746. The van der Waals surface area contributed by atoms with Gasteiger partial charge in [-0.05, 0) is 68.2 Å². The average molecular weight is 622 g/mol. The lowest BCUT2D eigenvalue weighted by atomic mass is 9.90. The van der Waals surface area contributed by atoms with Crippen molar-refractivity contribution in [3.8, 4) is 22.6 Å². The molecule has 0 unspecified atom stereocenters. The molecule has 1 fully saturated rings. The topological polar surface area (TPSA) is 80.6 Å². The molecule has 2 aliphatic heterocycles. The Morgan fingerprint density at radius 1 is 1.13 bits per heavy atom. The first-order valence-electron chi connectivity index (χ1n) is 14.6. The first-order valence-corrected chi connectivity index (χ1v) is 14.6. The maximum atomic E-state index is 15.8. The minimum Gasteiger partial charge on any atom is -0.426 e. The van der Waals surface area contributed by atoms with Crippen molar-refractivity contribution < 1.29 is 27.1 Å². The van der Waals surface area contributed by atoms with Gasteiger partial charge in [0.2, 0.25) is 5.91 Å². The van der Waals surface area contributed by atoms with E-state index >= 15 is 13.2 Å². The number of halogens is 4. The van der Waals surface area contributed by atoms with Crippen molar-refractivity contribution in [3.05, 3.63) is 87.6 Å². The lowest BCUT2D eigenvalue weighted by Crippen LogP contribution is -2.54. The number of nitrogens with zero attached hydrogens (tertiary/aromatic N) is 5. The van der Waals surface area contributed by atoms with Gasteiger partial charge in [0.05, 0.1) is 16.9 Å². The zero-order valence-electron chi connectivity index (χ0n) is 25.4. The number of anilines is 1. The predicted octanol–water partition coefficient (Wildman–Crippen LogP) is 6.13. The van der Waals surface area contributed by atoms with E-state index in [1.807, 2.05) is 25.7 Å². The number of hydrogen-bond donors (Lipinski definition) is 0. The van der Waals surface area contributed by atoms with Crippen LogP contribution < -0.4 is 15.3 Å². The fourth-order valence-electron chi connectivity index (χ4n) is 6.41. The number of amides is 1. The summed E-state index contributed by atoms with van der Waals surface area (Å²) in [5, 5.41) is 0.287.